The van der Waals surface area contributed by atoms with Gasteiger partial charge in [-0.1, -0.05) is 0 Å². The molecule has 0 radical (unpaired) electrons. The fraction of sp³-hybridized carbons (Fsp3) is 0.923. The van der Waals surface area contributed by atoms with E-state index in [1.807, 2.05) is 0 Å². The Morgan fingerprint density at radius 1 is 1.20 bits per heavy atom. The molecule has 2 nitrogen and oxygen atoms in total. The van der Waals surface area contributed by atoms with Gasteiger partial charge in [-0.15, -0.1) is 0 Å². The van der Waals surface area contributed by atoms with Crippen LogP contribution in [0.5, 0.6) is 0 Å². The number of carbonyl (C=O) groups excluding carboxylic acids is 1. The van der Waals surface area contributed by atoms with Crippen molar-refractivity contribution in [2.75, 3.05) is 6.61 Å². The lowest BCUT2D eigenvalue weighted by Gasteiger charge is -2.12. The summed E-state index contributed by atoms with van der Waals surface area (Å²) in [5.74, 6) is 2.82. The second-order valence-corrected chi connectivity index (χ2v) is 5.56. The van der Waals surface area contributed by atoms with Crippen molar-refractivity contribution in [1.29, 1.82) is 0 Å². The summed E-state index contributed by atoms with van der Waals surface area (Å²) in [6.45, 7) is 0.909. The summed E-state index contributed by atoms with van der Waals surface area (Å²) >= 11 is 0. The third kappa shape index (κ3) is 2.10. The first kappa shape index (κ1) is 9.83. The number of ether oxygens (including phenoxy) is 1. The number of fused-ring (bicyclic) bond motifs is 1. The van der Waals surface area contributed by atoms with E-state index in [0.717, 1.165) is 31.3 Å². The van der Waals surface area contributed by atoms with Crippen molar-refractivity contribution in [3.05, 3.63) is 0 Å². The highest BCUT2D eigenvalue weighted by Gasteiger charge is 2.47. The average molecular weight is 208 g/mol. The van der Waals surface area contributed by atoms with Gasteiger partial charge in [0.2, 0.25) is 0 Å². The Balaban J connectivity index is 1.41. The molecule has 0 N–H and O–H groups in total. The Morgan fingerprint density at radius 3 is 2.67 bits per heavy atom. The Kier molecular flexibility index (Phi) is 2.55. The predicted octanol–water partition coefficient (Wildman–Crippen LogP) is 2.56. The van der Waals surface area contributed by atoms with Crippen LogP contribution in [0, 0.1) is 17.8 Å². The minimum Gasteiger partial charge on any atom is -0.378 e. The summed E-state index contributed by atoms with van der Waals surface area (Å²) in [6, 6.07) is 0. The molecule has 0 amide bonds. The number of Topliss-reactive ketones (excluding diaryl/α,β-unsaturated/α-hetero) is 1. The number of ketones is 1. The van der Waals surface area contributed by atoms with Crippen LogP contribution in [0.4, 0.5) is 0 Å². The van der Waals surface area contributed by atoms with Crippen molar-refractivity contribution >= 4 is 5.78 Å². The van der Waals surface area contributed by atoms with E-state index >= 15 is 0 Å². The molecule has 1 saturated heterocycles. The highest BCUT2D eigenvalue weighted by atomic mass is 16.5. The van der Waals surface area contributed by atoms with Crippen molar-refractivity contribution < 1.29 is 9.53 Å². The Labute approximate surface area is 91.4 Å². The average Bonchev–Trinajstić information content (AvgIpc) is 2.75. The van der Waals surface area contributed by atoms with Gasteiger partial charge in [-0.2, -0.15) is 0 Å². The maximum atomic E-state index is 11.9. The Morgan fingerprint density at radius 2 is 2.00 bits per heavy atom. The van der Waals surface area contributed by atoms with Crippen molar-refractivity contribution in [2.24, 2.45) is 17.8 Å². The van der Waals surface area contributed by atoms with E-state index in [2.05, 4.69) is 0 Å². The van der Waals surface area contributed by atoms with Gasteiger partial charge in [0.15, 0.2) is 0 Å². The van der Waals surface area contributed by atoms with Gasteiger partial charge < -0.3 is 4.74 Å². The molecule has 2 aliphatic carbocycles. The van der Waals surface area contributed by atoms with Gasteiger partial charge in [0.25, 0.3) is 0 Å². The molecule has 3 atom stereocenters. The summed E-state index contributed by atoms with van der Waals surface area (Å²) in [7, 11) is 0. The smallest absolute Gasteiger partial charge is 0.136 e. The van der Waals surface area contributed by atoms with Gasteiger partial charge in [-0.3, -0.25) is 4.79 Å². The van der Waals surface area contributed by atoms with Crippen LogP contribution in [0.2, 0.25) is 0 Å². The maximum Gasteiger partial charge on any atom is 0.136 e. The van der Waals surface area contributed by atoms with Crippen LogP contribution in [0.1, 0.15) is 44.9 Å². The quantitative estimate of drug-likeness (QED) is 0.709. The highest BCUT2D eigenvalue weighted by Crippen LogP contribution is 2.54. The topological polar surface area (TPSA) is 26.3 Å². The zero-order chi connectivity index (χ0) is 10.3. The molecule has 0 aromatic carbocycles. The normalized spacial score (nSPS) is 42.9. The molecule has 15 heavy (non-hydrogen) atoms. The summed E-state index contributed by atoms with van der Waals surface area (Å²) < 4.78 is 5.54. The van der Waals surface area contributed by atoms with E-state index in [0.29, 0.717) is 17.8 Å². The van der Waals surface area contributed by atoms with Crippen molar-refractivity contribution in [1.82, 2.24) is 0 Å². The largest absolute Gasteiger partial charge is 0.378 e. The first-order chi connectivity index (χ1) is 7.33. The van der Waals surface area contributed by atoms with Crippen LogP contribution in [-0.2, 0) is 9.53 Å². The number of hydrogen-bond acceptors (Lipinski definition) is 2. The highest BCUT2D eigenvalue weighted by molar-refractivity contribution is 5.81. The van der Waals surface area contributed by atoms with Gasteiger partial charge in [-0.05, 0) is 50.4 Å². The molecule has 1 heterocycles. The Hall–Kier alpha value is -0.370. The van der Waals surface area contributed by atoms with Crippen LogP contribution in [-0.4, -0.2) is 18.5 Å². The lowest BCUT2D eigenvalue weighted by atomic mass is 9.94. The van der Waals surface area contributed by atoms with Gasteiger partial charge in [0.1, 0.15) is 5.78 Å². The summed E-state index contributed by atoms with van der Waals surface area (Å²) in [5, 5.41) is 0. The molecule has 3 rings (SSSR count). The molecule has 0 spiro atoms. The SMILES string of the molecule is O=C(CCC1CCCO1)C1CC2CC2C1. The lowest BCUT2D eigenvalue weighted by molar-refractivity contribution is -0.123. The minimum atomic E-state index is 0.393. The van der Waals surface area contributed by atoms with Crippen LogP contribution in [0.25, 0.3) is 0 Å². The summed E-state index contributed by atoms with van der Waals surface area (Å²) in [4.78, 5) is 11.9. The minimum absolute atomic E-state index is 0.393. The van der Waals surface area contributed by atoms with Gasteiger partial charge in [0, 0.05) is 18.9 Å². The molecular weight excluding hydrogens is 188 g/mol. The Bertz CT molecular complexity index is 245. The molecular formula is C13H20O2. The van der Waals surface area contributed by atoms with E-state index in [4.69, 9.17) is 4.74 Å². The van der Waals surface area contributed by atoms with Crippen molar-refractivity contribution in [3.63, 3.8) is 0 Å². The molecule has 2 heteroatoms. The molecule has 3 fully saturated rings. The van der Waals surface area contributed by atoms with E-state index in [-0.39, 0.29) is 0 Å². The number of hydrogen-bond donors (Lipinski definition) is 0. The van der Waals surface area contributed by atoms with E-state index in [9.17, 15) is 4.79 Å². The molecule has 0 bridgehead atoms. The first-order valence-corrected chi connectivity index (χ1v) is 6.47. The third-order valence-corrected chi connectivity index (χ3v) is 4.44. The summed E-state index contributed by atoms with van der Waals surface area (Å²) in [5.41, 5.74) is 0. The summed E-state index contributed by atoms with van der Waals surface area (Å²) in [6.07, 6.45) is 8.32. The van der Waals surface area contributed by atoms with Gasteiger partial charge >= 0.3 is 0 Å². The van der Waals surface area contributed by atoms with Crippen LogP contribution in [0.3, 0.4) is 0 Å². The van der Waals surface area contributed by atoms with Gasteiger partial charge in [0.05, 0.1) is 6.10 Å². The van der Waals surface area contributed by atoms with Crippen molar-refractivity contribution in [3.8, 4) is 0 Å². The molecule has 0 aromatic rings. The maximum absolute atomic E-state index is 11.9. The number of rotatable bonds is 4. The van der Waals surface area contributed by atoms with Crippen molar-refractivity contribution in [2.45, 2.75) is 51.0 Å². The molecule has 3 unspecified atom stereocenters. The van der Waals surface area contributed by atoms with Gasteiger partial charge in [-0.25, -0.2) is 0 Å². The lowest BCUT2D eigenvalue weighted by Crippen LogP contribution is -2.15. The molecule has 2 saturated carbocycles. The van der Waals surface area contributed by atoms with E-state index in [1.54, 1.807) is 0 Å². The van der Waals surface area contributed by atoms with E-state index < -0.39 is 0 Å². The fourth-order valence-corrected chi connectivity index (χ4v) is 3.36. The molecule has 0 aromatic heterocycles. The zero-order valence-electron chi connectivity index (χ0n) is 9.28. The van der Waals surface area contributed by atoms with E-state index in [1.165, 1.54) is 32.1 Å². The standard InChI is InChI=1S/C13H20O2/c14-13(4-3-12-2-1-5-15-12)11-7-9-6-10(9)8-11/h9-12H,1-8H2. The second kappa shape index (κ2) is 3.89. The molecule has 1 aliphatic heterocycles. The monoisotopic (exact) mass is 208 g/mol. The fourth-order valence-electron chi connectivity index (χ4n) is 3.36. The molecule has 3 aliphatic rings. The third-order valence-electron chi connectivity index (χ3n) is 4.44. The van der Waals surface area contributed by atoms with Crippen LogP contribution >= 0.6 is 0 Å². The van der Waals surface area contributed by atoms with Crippen LogP contribution in [0.15, 0.2) is 0 Å². The zero-order valence-corrected chi connectivity index (χ0v) is 9.28. The first-order valence-electron chi connectivity index (χ1n) is 6.47. The predicted molar refractivity (Wildman–Crippen MR) is 57.5 cm³/mol. The van der Waals surface area contributed by atoms with Crippen LogP contribution < -0.4 is 0 Å². The molecule has 84 valence electrons. The number of carbonyl (C=O) groups is 1. The second-order valence-electron chi connectivity index (χ2n) is 5.56.